The van der Waals surface area contributed by atoms with Crippen LogP contribution in [0.2, 0.25) is 0 Å². The standard InChI is InChI=1S/C24H26F6N2O5S/c1-4-17(37-2)13-32-12-14-11-18(38(3,35)36)9-10-19(14)20(32)21(33)31-16-7-5-15(6-8-16)22(34,23(25,26)27)24(28,29)30/h5-11,17,20,34H,4,12-13H2,1-3H3,(H,31,33). The summed E-state index contributed by atoms with van der Waals surface area (Å²) in [4.78, 5) is 15.1. The third-order valence-corrected chi connectivity index (χ3v) is 7.55. The highest BCUT2D eigenvalue weighted by atomic mass is 32.2. The van der Waals surface area contributed by atoms with E-state index in [1.165, 1.54) is 25.3 Å². The van der Waals surface area contributed by atoms with Crippen LogP contribution in [0, 0.1) is 0 Å². The minimum absolute atomic E-state index is 0.0634. The lowest BCUT2D eigenvalue weighted by atomic mass is 9.92. The van der Waals surface area contributed by atoms with Crippen LogP contribution in [0.5, 0.6) is 0 Å². The minimum atomic E-state index is -6.04. The first-order chi connectivity index (χ1) is 17.4. The van der Waals surface area contributed by atoms with Gasteiger partial charge in [-0.25, -0.2) is 8.42 Å². The van der Waals surface area contributed by atoms with Gasteiger partial charge in [0.05, 0.1) is 11.0 Å². The lowest BCUT2D eigenvalue weighted by Crippen LogP contribution is -2.53. The highest BCUT2D eigenvalue weighted by Crippen LogP contribution is 2.50. The number of halogens is 6. The summed E-state index contributed by atoms with van der Waals surface area (Å²) in [5.41, 5.74) is -5.57. The van der Waals surface area contributed by atoms with Crippen molar-refractivity contribution in [1.29, 1.82) is 0 Å². The summed E-state index contributed by atoms with van der Waals surface area (Å²) in [5, 5.41) is 12.0. The first-order valence-corrected chi connectivity index (χ1v) is 13.2. The van der Waals surface area contributed by atoms with Crippen molar-refractivity contribution in [3.8, 4) is 0 Å². The zero-order valence-corrected chi connectivity index (χ0v) is 21.3. The van der Waals surface area contributed by atoms with Gasteiger partial charge in [0.15, 0.2) is 9.84 Å². The van der Waals surface area contributed by atoms with Crippen LogP contribution in [0.25, 0.3) is 0 Å². The number of aliphatic hydroxyl groups is 1. The number of alkyl halides is 6. The Kier molecular flexibility index (Phi) is 8.23. The van der Waals surface area contributed by atoms with E-state index < -0.39 is 45.3 Å². The van der Waals surface area contributed by atoms with Crippen molar-refractivity contribution >= 4 is 21.4 Å². The second kappa shape index (κ2) is 10.5. The predicted octanol–water partition coefficient (Wildman–Crippen LogP) is 4.32. The number of fused-ring (bicyclic) bond motifs is 1. The molecule has 210 valence electrons. The van der Waals surface area contributed by atoms with Gasteiger partial charge in [0.1, 0.15) is 6.04 Å². The molecular formula is C24H26F6N2O5S. The number of benzene rings is 2. The molecule has 0 saturated carbocycles. The van der Waals surface area contributed by atoms with Crippen molar-refractivity contribution in [2.45, 2.75) is 54.9 Å². The van der Waals surface area contributed by atoms with Crippen LogP contribution in [0.15, 0.2) is 47.4 Å². The zero-order chi connectivity index (χ0) is 28.7. The Hall–Kier alpha value is -2.68. The molecule has 1 heterocycles. The largest absolute Gasteiger partial charge is 0.430 e. The lowest BCUT2D eigenvalue weighted by Gasteiger charge is -2.32. The van der Waals surface area contributed by atoms with Crippen molar-refractivity contribution in [2.24, 2.45) is 0 Å². The quantitative estimate of drug-likeness (QED) is 0.461. The molecule has 0 radical (unpaired) electrons. The van der Waals surface area contributed by atoms with E-state index in [9.17, 15) is 44.7 Å². The first kappa shape index (κ1) is 29.9. The topological polar surface area (TPSA) is 95.9 Å². The molecule has 0 bridgehead atoms. The van der Waals surface area contributed by atoms with Crippen LogP contribution >= 0.6 is 0 Å². The van der Waals surface area contributed by atoms with E-state index in [-0.39, 0.29) is 29.8 Å². The van der Waals surface area contributed by atoms with E-state index in [0.29, 0.717) is 29.7 Å². The Balaban J connectivity index is 1.93. The number of rotatable bonds is 8. The molecule has 0 fully saturated rings. The van der Waals surface area contributed by atoms with Crippen LogP contribution in [0.1, 0.15) is 36.1 Å². The van der Waals surface area contributed by atoms with Crippen LogP contribution < -0.4 is 5.32 Å². The number of ether oxygens (including phenoxy) is 1. The van der Waals surface area contributed by atoms with E-state index in [1.807, 2.05) is 6.92 Å². The van der Waals surface area contributed by atoms with Gasteiger partial charge in [0, 0.05) is 37.7 Å². The number of sulfone groups is 1. The van der Waals surface area contributed by atoms with Gasteiger partial charge in [-0.1, -0.05) is 25.1 Å². The van der Waals surface area contributed by atoms with Crippen LogP contribution in [0.4, 0.5) is 32.0 Å². The van der Waals surface area contributed by atoms with Gasteiger partial charge in [0.25, 0.3) is 5.60 Å². The number of nitrogens with one attached hydrogen (secondary N) is 1. The molecule has 1 aliphatic heterocycles. The summed E-state index contributed by atoms with van der Waals surface area (Å²) < 4.78 is 108. The van der Waals surface area contributed by atoms with Gasteiger partial charge < -0.3 is 15.2 Å². The Morgan fingerprint density at radius 2 is 1.68 bits per heavy atom. The molecule has 2 aromatic carbocycles. The molecule has 2 atom stereocenters. The van der Waals surface area contributed by atoms with Crippen molar-refractivity contribution in [1.82, 2.24) is 4.90 Å². The molecule has 0 spiro atoms. The molecule has 2 aromatic rings. The monoisotopic (exact) mass is 568 g/mol. The number of hydrogen-bond acceptors (Lipinski definition) is 6. The van der Waals surface area contributed by atoms with Gasteiger partial charge in [0.2, 0.25) is 5.91 Å². The van der Waals surface area contributed by atoms with Crippen molar-refractivity contribution in [2.75, 3.05) is 25.2 Å². The second-order valence-electron chi connectivity index (χ2n) is 9.00. The van der Waals surface area contributed by atoms with E-state index in [4.69, 9.17) is 4.74 Å². The summed E-state index contributed by atoms with van der Waals surface area (Å²) in [6.45, 7) is 2.37. The molecule has 2 unspecified atom stereocenters. The number of methoxy groups -OCH3 is 1. The summed E-state index contributed by atoms with van der Waals surface area (Å²) in [5.74, 6) is -0.642. The van der Waals surface area contributed by atoms with Crippen LogP contribution in [0.3, 0.4) is 0 Å². The van der Waals surface area contributed by atoms with Crippen LogP contribution in [-0.4, -0.2) is 62.7 Å². The van der Waals surface area contributed by atoms with E-state index >= 15 is 0 Å². The smallest absolute Gasteiger partial charge is 0.380 e. The molecule has 38 heavy (non-hydrogen) atoms. The maximum Gasteiger partial charge on any atom is 0.430 e. The Bertz CT molecular complexity index is 1260. The third kappa shape index (κ3) is 5.67. The van der Waals surface area contributed by atoms with Crippen molar-refractivity contribution in [3.05, 3.63) is 59.2 Å². The molecule has 0 aliphatic carbocycles. The maximum absolute atomic E-state index is 13.3. The third-order valence-electron chi connectivity index (χ3n) is 6.44. The fraction of sp³-hybridized carbons (Fsp3) is 0.458. The highest BCUT2D eigenvalue weighted by molar-refractivity contribution is 7.90. The number of anilines is 1. The summed E-state index contributed by atoms with van der Waals surface area (Å²) >= 11 is 0. The van der Waals surface area contributed by atoms with E-state index in [0.717, 1.165) is 18.4 Å². The van der Waals surface area contributed by atoms with Crippen LogP contribution in [-0.2, 0) is 31.5 Å². The number of hydrogen-bond donors (Lipinski definition) is 2. The number of carbonyl (C=O) groups is 1. The van der Waals surface area contributed by atoms with Gasteiger partial charge in [-0.05, 0) is 41.8 Å². The number of amides is 1. The molecular weight excluding hydrogens is 542 g/mol. The average Bonchev–Trinajstić information content (AvgIpc) is 3.17. The Morgan fingerprint density at radius 1 is 1.11 bits per heavy atom. The molecule has 7 nitrogen and oxygen atoms in total. The van der Waals surface area contributed by atoms with Crippen molar-refractivity contribution < 1.29 is 49.4 Å². The lowest BCUT2D eigenvalue weighted by molar-refractivity contribution is -0.376. The highest BCUT2D eigenvalue weighted by Gasteiger charge is 2.71. The van der Waals surface area contributed by atoms with E-state index in [1.54, 1.807) is 4.90 Å². The molecule has 1 amide bonds. The van der Waals surface area contributed by atoms with Gasteiger partial charge in [-0.2, -0.15) is 26.3 Å². The summed E-state index contributed by atoms with van der Waals surface area (Å²) in [6, 6.07) is 5.90. The molecule has 2 N–H and O–H groups in total. The zero-order valence-electron chi connectivity index (χ0n) is 20.5. The van der Waals surface area contributed by atoms with Gasteiger partial charge in [-0.15, -0.1) is 0 Å². The normalized spacial score (nSPS) is 17.8. The van der Waals surface area contributed by atoms with Crippen molar-refractivity contribution in [3.63, 3.8) is 0 Å². The fourth-order valence-electron chi connectivity index (χ4n) is 4.33. The maximum atomic E-state index is 13.3. The molecule has 0 aromatic heterocycles. The molecule has 1 aliphatic rings. The summed E-state index contributed by atoms with van der Waals surface area (Å²) in [7, 11) is -2.02. The Labute approximate surface area is 215 Å². The average molecular weight is 569 g/mol. The van der Waals surface area contributed by atoms with E-state index in [2.05, 4.69) is 5.32 Å². The predicted molar refractivity (Wildman–Crippen MR) is 125 cm³/mol. The Morgan fingerprint density at radius 3 is 2.16 bits per heavy atom. The summed E-state index contributed by atoms with van der Waals surface area (Å²) in [6.07, 6.45) is -10.7. The number of carbonyl (C=O) groups excluding carboxylic acids is 1. The first-order valence-electron chi connectivity index (χ1n) is 11.3. The fourth-order valence-corrected chi connectivity index (χ4v) is 5.00. The minimum Gasteiger partial charge on any atom is -0.380 e. The van der Waals surface area contributed by atoms with Gasteiger partial charge >= 0.3 is 12.4 Å². The number of nitrogens with zero attached hydrogens (tertiary/aromatic N) is 1. The second-order valence-corrected chi connectivity index (χ2v) is 11.0. The SMILES string of the molecule is CCC(CN1Cc2cc(S(C)(=O)=O)ccc2C1C(=O)Nc1ccc(C(O)(C(F)(F)F)C(F)(F)F)cc1)OC. The molecule has 3 rings (SSSR count). The van der Waals surface area contributed by atoms with Gasteiger partial charge in [-0.3, -0.25) is 9.69 Å². The molecule has 0 saturated heterocycles. The molecule has 14 heteroatoms.